The van der Waals surface area contributed by atoms with Crippen LogP contribution in [-0.4, -0.2) is 23.8 Å². The summed E-state index contributed by atoms with van der Waals surface area (Å²) in [6.07, 6.45) is -0.650. The molecule has 0 heterocycles. The molecule has 10 heteroatoms. The molecule has 0 atom stereocenters. The predicted octanol–water partition coefficient (Wildman–Crippen LogP) is 10.0. The molecule has 6 aromatic rings. The van der Waals surface area contributed by atoms with Crippen LogP contribution in [0.15, 0.2) is 146 Å². The molecule has 6 rings (SSSR count). The molecule has 264 valence electrons. The van der Waals surface area contributed by atoms with Crippen molar-refractivity contribution in [2.75, 3.05) is 10.6 Å². The van der Waals surface area contributed by atoms with E-state index in [9.17, 15) is 19.2 Å². The zero-order valence-corrected chi connectivity index (χ0v) is 29.7. The fraction of sp³-hybridized carbons (Fsp3) is 0.0698. The van der Waals surface area contributed by atoms with Crippen molar-refractivity contribution in [1.29, 1.82) is 0 Å². The third-order valence-electron chi connectivity index (χ3n) is 8.21. The Morgan fingerprint density at radius 2 is 0.830 bits per heavy atom. The van der Waals surface area contributed by atoms with Gasteiger partial charge in [0.25, 0.3) is 11.8 Å². The Morgan fingerprint density at radius 3 is 1.21 bits per heavy atom. The predicted molar refractivity (Wildman–Crippen MR) is 207 cm³/mol. The Hall–Kier alpha value is -6.22. The van der Waals surface area contributed by atoms with E-state index in [1.165, 1.54) is 0 Å². The molecule has 0 aliphatic heterocycles. The fourth-order valence-electron chi connectivity index (χ4n) is 5.39. The van der Waals surface area contributed by atoms with Crippen molar-refractivity contribution in [3.05, 3.63) is 178 Å². The van der Waals surface area contributed by atoms with Crippen molar-refractivity contribution in [3.63, 3.8) is 0 Å². The summed E-state index contributed by atoms with van der Waals surface area (Å²) in [7, 11) is 0. The molecular weight excluding hydrogens is 711 g/mol. The van der Waals surface area contributed by atoms with Gasteiger partial charge in [0.05, 0.1) is 0 Å². The number of benzene rings is 6. The van der Waals surface area contributed by atoms with Gasteiger partial charge in [-0.15, -0.1) is 0 Å². The summed E-state index contributed by atoms with van der Waals surface area (Å²) in [6, 6.07) is 43.0. The molecular formula is C43H32Cl2N2O6. The first-order chi connectivity index (χ1) is 25.7. The third kappa shape index (κ3) is 9.98. The quantitative estimate of drug-likeness (QED) is 0.0954. The maximum atomic E-state index is 13.1. The first-order valence-corrected chi connectivity index (χ1v) is 17.3. The van der Waals surface area contributed by atoms with Crippen LogP contribution in [0.3, 0.4) is 0 Å². The van der Waals surface area contributed by atoms with Gasteiger partial charge >= 0.3 is 11.9 Å². The summed E-state index contributed by atoms with van der Waals surface area (Å²) >= 11 is 12.0. The Balaban J connectivity index is 1.11. The van der Waals surface area contributed by atoms with Crippen molar-refractivity contribution in [3.8, 4) is 22.3 Å². The second-order valence-electron chi connectivity index (χ2n) is 11.9. The van der Waals surface area contributed by atoms with Gasteiger partial charge in [0, 0.05) is 43.7 Å². The molecule has 0 spiro atoms. The Kier molecular flexibility index (Phi) is 12.0. The second-order valence-corrected chi connectivity index (χ2v) is 12.8. The number of anilines is 2. The molecule has 0 aliphatic carbocycles. The Labute approximate surface area is 316 Å². The summed E-state index contributed by atoms with van der Waals surface area (Å²) in [5, 5.41) is 6.81. The summed E-state index contributed by atoms with van der Waals surface area (Å²) in [5.41, 5.74) is 6.27. The van der Waals surface area contributed by atoms with E-state index in [0.717, 1.165) is 22.3 Å². The number of hydrogen-bond donors (Lipinski definition) is 2. The van der Waals surface area contributed by atoms with Crippen molar-refractivity contribution >= 4 is 58.3 Å². The molecule has 0 aromatic heterocycles. The van der Waals surface area contributed by atoms with Crippen LogP contribution >= 0.6 is 23.2 Å². The zero-order valence-electron chi connectivity index (χ0n) is 28.2. The number of nitrogens with one attached hydrogen (secondary N) is 2. The van der Waals surface area contributed by atoms with Crippen molar-refractivity contribution in [2.24, 2.45) is 0 Å². The molecule has 2 amide bonds. The lowest BCUT2D eigenvalue weighted by molar-refractivity contribution is -0.156. The van der Waals surface area contributed by atoms with E-state index in [0.29, 0.717) is 43.7 Å². The number of amides is 2. The van der Waals surface area contributed by atoms with E-state index in [-0.39, 0.29) is 25.0 Å². The van der Waals surface area contributed by atoms with Crippen molar-refractivity contribution < 1.29 is 28.7 Å². The van der Waals surface area contributed by atoms with Crippen LogP contribution in [0.25, 0.3) is 22.3 Å². The molecule has 6 aromatic carbocycles. The van der Waals surface area contributed by atoms with Gasteiger partial charge in [-0.2, -0.15) is 0 Å². The van der Waals surface area contributed by atoms with Gasteiger partial charge in [-0.05, 0) is 82.9 Å². The van der Waals surface area contributed by atoms with Crippen LogP contribution in [-0.2, 0) is 32.3 Å². The van der Waals surface area contributed by atoms with Gasteiger partial charge in [-0.25, -0.2) is 0 Å². The van der Waals surface area contributed by atoms with E-state index < -0.39 is 18.4 Å². The van der Waals surface area contributed by atoms with Gasteiger partial charge < -0.3 is 20.1 Å². The van der Waals surface area contributed by atoms with Crippen LogP contribution in [0.5, 0.6) is 0 Å². The topological polar surface area (TPSA) is 111 Å². The van der Waals surface area contributed by atoms with Crippen molar-refractivity contribution in [1.82, 2.24) is 0 Å². The van der Waals surface area contributed by atoms with Crippen molar-refractivity contribution in [2.45, 2.75) is 19.6 Å². The maximum absolute atomic E-state index is 13.1. The van der Waals surface area contributed by atoms with E-state index in [1.54, 1.807) is 72.8 Å². The first-order valence-electron chi connectivity index (χ1n) is 16.5. The molecule has 0 aliphatic rings. The Morgan fingerprint density at radius 1 is 0.453 bits per heavy atom. The minimum Gasteiger partial charge on any atom is -0.460 e. The lowest BCUT2D eigenvalue weighted by Crippen LogP contribution is -2.17. The van der Waals surface area contributed by atoms with Gasteiger partial charge in [0.1, 0.15) is 19.6 Å². The molecule has 8 nitrogen and oxygen atoms in total. The van der Waals surface area contributed by atoms with Gasteiger partial charge in [-0.3, -0.25) is 19.2 Å². The average molecular weight is 744 g/mol. The smallest absolute Gasteiger partial charge is 0.317 e. The molecule has 0 fully saturated rings. The number of ether oxygens (including phenoxy) is 2. The first kappa shape index (κ1) is 36.6. The summed E-state index contributed by atoms with van der Waals surface area (Å²) in [4.78, 5) is 51.8. The normalized spacial score (nSPS) is 10.6. The minimum absolute atomic E-state index is 0.209. The molecule has 53 heavy (non-hydrogen) atoms. The third-order valence-corrected chi connectivity index (χ3v) is 8.71. The highest BCUT2D eigenvalue weighted by Gasteiger charge is 2.18. The van der Waals surface area contributed by atoms with Crippen LogP contribution in [0.1, 0.15) is 38.3 Å². The fourth-order valence-corrected chi connectivity index (χ4v) is 5.64. The number of carbonyl (C=O) groups excluding carboxylic acids is 4. The SMILES string of the molecule is O=C(CC(=O)OCc1ccc(-c2ccccc2)cc1NC(=O)c1ccc(Cl)cc1)OCc1ccc(-c2ccccc2)cc1NC(=O)c1ccc(Cl)cc1. The lowest BCUT2D eigenvalue weighted by Gasteiger charge is -2.15. The largest absolute Gasteiger partial charge is 0.460 e. The number of carbonyl (C=O) groups is 4. The van der Waals surface area contributed by atoms with E-state index in [4.69, 9.17) is 32.7 Å². The molecule has 0 bridgehead atoms. The van der Waals surface area contributed by atoms with Crippen LogP contribution in [0, 0.1) is 0 Å². The highest BCUT2D eigenvalue weighted by Crippen LogP contribution is 2.29. The summed E-state index contributed by atoms with van der Waals surface area (Å²) in [5.74, 6) is -2.37. The highest BCUT2D eigenvalue weighted by molar-refractivity contribution is 6.31. The van der Waals surface area contributed by atoms with E-state index in [2.05, 4.69) is 10.6 Å². The van der Waals surface area contributed by atoms with Crippen LogP contribution in [0.2, 0.25) is 10.0 Å². The molecule has 0 radical (unpaired) electrons. The number of rotatable bonds is 12. The second kappa shape index (κ2) is 17.3. The lowest BCUT2D eigenvalue weighted by atomic mass is 10.0. The molecule has 0 saturated carbocycles. The monoisotopic (exact) mass is 742 g/mol. The number of halogens is 2. The number of esters is 2. The van der Waals surface area contributed by atoms with E-state index >= 15 is 0 Å². The van der Waals surface area contributed by atoms with Gasteiger partial charge in [-0.1, -0.05) is 108 Å². The average Bonchev–Trinajstić information content (AvgIpc) is 3.18. The van der Waals surface area contributed by atoms with E-state index in [1.807, 2.05) is 72.8 Å². The van der Waals surface area contributed by atoms with Gasteiger partial charge in [0.15, 0.2) is 0 Å². The highest BCUT2D eigenvalue weighted by atomic mass is 35.5. The zero-order chi connectivity index (χ0) is 37.2. The summed E-state index contributed by atoms with van der Waals surface area (Å²) < 4.78 is 10.9. The summed E-state index contributed by atoms with van der Waals surface area (Å²) in [6.45, 7) is -0.418. The van der Waals surface area contributed by atoms with Crippen LogP contribution in [0.4, 0.5) is 11.4 Å². The Bertz CT molecular complexity index is 2080. The number of hydrogen-bond acceptors (Lipinski definition) is 6. The minimum atomic E-state index is -0.812. The molecule has 2 N–H and O–H groups in total. The maximum Gasteiger partial charge on any atom is 0.317 e. The molecule has 0 saturated heterocycles. The standard InChI is InChI=1S/C43H32Cl2N2O6/c44-36-19-15-30(16-20-36)42(50)46-38-23-32(28-7-3-1-4-8-28)11-13-34(38)26-52-40(48)25-41(49)53-27-35-14-12-33(29-9-5-2-6-10-29)24-39(35)47-43(51)31-17-21-37(45)22-18-31/h1-24H,25-27H2,(H,46,50)(H,47,51). The molecule has 0 unspecified atom stereocenters. The van der Waals surface area contributed by atoms with Crippen LogP contribution < -0.4 is 10.6 Å². The van der Waals surface area contributed by atoms with Gasteiger partial charge in [0.2, 0.25) is 0 Å².